The first kappa shape index (κ1) is 15.1. The molecule has 1 aliphatic heterocycles. The molecule has 1 aromatic rings. The van der Waals surface area contributed by atoms with Crippen LogP contribution in [0, 0.1) is 16.0 Å². The Morgan fingerprint density at radius 1 is 1.43 bits per heavy atom. The molecule has 1 atom stereocenters. The van der Waals surface area contributed by atoms with Gasteiger partial charge in [0, 0.05) is 31.1 Å². The lowest BCUT2D eigenvalue weighted by atomic mass is 9.87. The molecule has 0 aromatic heterocycles. The van der Waals surface area contributed by atoms with Gasteiger partial charge in [0.15, 0.2) is 17.5 Å². The Labute approximate surface area is 124 Å². The third-order valence-corrected chi connectivity index (χ3v) is 3.56. The van der Waals surface area contributed by atoms with Gasteiger partial charge in [0.05, 0.1) is 10.5 Å². The number of halogens is 1. The molecule has 2 rings (SSSR count). The second-order valence-corrected chi connectivity index (χ2v) is 5.13. The smallest absolute Gasteiger partial charge is 0.281 e. The first-order valence-corrected chi connectivity index (χ1v) is 6.46. The number of amides is 1. The van der Waals surface area contributed by atoms with Gasteiger partial charge in [-0.05, 0) is 12.1 Å². The van der Waals surface area contributed by atoms with Gasteiger partial charge in [-0.15, -0.1) is 0 Å². The van der Waals surface area contributed by atoms with Gasteiger partial charge < -0.3 is 4.90 Å². The zero-order valence-corrected chi connectivity index (χ0v) is 11.8. The number of rotatable bonds is 3. The number of hydrogen-bond donors (Lipinski definition) is 0. The van der Waals surface area contributed by atoms with Crippen LogP contribution < -0.4 is 0 Å². The molecule has 7 nitrogen and oxygen atoms in total. The lowest BCUT2D eigenvalue weighted by Crippen LogP contribution is -2.47. The van der Waals surface area contributed by atoms with Gasteiger partial charge in [-0.3, -0.25) is 24.5 Å². The number of nitro groups is 1. The summed E-state index contributed by atoms with van der Waals surface area (Å²) < 4.78 is 0. The van der Waals surface area contributed by atoms with Crippen molar-refractivity contribution in [3.8, 4) is 0 Å². The van der Waals surface area contributed by atoms with Crippen molar-refractivity contribution in [1.82, 2.24) is 4.90 Å². The first-order valence-electron chi connectivity index (χ1n) is 6.08. The fourth-order valence-corrected chi connectivity index (χ4v) is 2.33. The van der Waals surface area contributed by atoms with Crippen molar-refractivity contribution in [2.24, 2.45) is 5.92 Å². The lowest BCUT2D eigenvalue weighted by molar-refractivity contribution is -0.385. The van der Waals surface area contributed by atoms with E-state index in [4.69, 9.17) is 11.6 Å². The number of piperidine rings is 1. The van der Waals surface area contributed by atoms with Crippen molar-refractivity contribution >= 4 is 34.8 Å². The van der Waals surface area contributed by atoms with Gasteiger partial charge in [0.25, 0.3) is 5.69 Å². The Morgan fingerprint density at radius 2 is 2.10 bits per heavy atom. The zero-order chi connectivity index (χ0) is 15.7. The number of nitrogens with zero attached hydrogens (tertiary/aromatic N) is 2. The van der Waals surface area contributed by atoms with E-state index in [2.05, 4.69) is 0 Å². The van der Waals surface area contributed by atoms with Crippen LogP contribution in [0.25, 0.3) is 0 Å². The Kier molecular flexibility index (Phi) is 4.04. The standard InChI is InChI=1S/C13H11ClN2O5/c1-15-5-4-10(17)11(13(15)19)12(18)8-3-2-7(14)6-9(8)16(20)21/h2-3,6,11H,4-5H2,1H3. The van der Waals surface area contributed by atoms with E-state index in [1.807, 2.05) is 0 Å². The number of carbonyl (C=O) groups excluding carboxylic acids is 3. The molecule has 0 spiro atoms. The Hall–Kier alpha value is -2.28. The molecule has 1 aromatic carbocycles. The number of nitro benzene ring substituents is 1. The highest BCUT2D eigenvalue weighted by Crippen LogP contribution is 2.27. The summed E-state index contributed by atoms with van der Waals surface area (Å²) in [5, 5.41) is 11.1. The number of likely N-dealkylation sites (tertiary alicyclic amines) is 1. The predicted molar refractivity (Wildman–Crippen MR) is 73.2 cm³/mol. The normalized spacial score (nSPS) is 18.8. The third kappa shape index (κ3) is 2.78. The fourth-order valence-electron chi connectivity index (χ4n) is 2.17. The lowest BCUT2D eigenvalue weighted by Gasteiger charge is -2.27. The summed E-state index contributed by atoms with van der Waals surface area (Å²) in [6.45, 7) is 0.240. The van der Waals surface area contributed by atoms with Gasteiger partial charge in [0.2, 0.25) is 5.91 Å². The molecule has 1 fully saturated rings. The van der Waals surface area contributed by atoms with Crippen molar-refractivity contribution in [1.29, 1.82) is 0 Å². The van der Waals surface area contributed by atoms with E-state index in [9.17, 15) is 24.5 Å². The molecule has 8 heteroatoms. The molecule has 0 radical (unpaired) electrons. The molecular formula is C13H11ClN2O5. The Morgan fingerprint density at radius 3 is 2.71 bits per heavy atom. The number of benzene rings is 1. The van der Waals surface area contributed by atoms with Crippen molar-refractivity contribution in [3.63, 3.8) is 0 Å². The SMILES string of the molecule is CN1CCC(=O)C(C(=O)c2ccc(Cl)cc2[N+](=O)[O-])C1=O. The fraction of sp³-hybridized carbons (Fsp3) is 0.308. The molecular weight excluding hydrogens is 300 g/mol. The monoisotopic (exact) mass is 310 g/mol. The van der Waals surface area contributed by atoms with Crippen molar-refractivity contribution in [2.75, 3.05) is 13.6 Å². The van der Waals surface area contributed by atoms with Crippen molar-refractivity contribution in [3.05, 3.63) is 38.9 Å². The second kappa shape index (κ2) is 5.61. The second-order valence-electron chi connectivity index (χ2n) is 4.69. The maximum Gasteiger partial charge on any atom is 0.281 e. The van der Waals surface area contributed by atoms with Gasteiger partial charge in [0.1, 0.15) is 0 Å². The minimum absolute atomic E-state index is 0.0556. The maximum atomic E-state index is 12.4. The van der Waals surface area contributed by atoms with Crippen molar-refractivity contribution < 1.29 is 19.3 Å². The first-order chi connectivity index (χ1) is 9.82. The van der Waals surface area contributed by atoms with Crippen LogP contribution in [-0.2, 0) is 9.59 Å². The summed E-state index contributed by atoms with van der Waals surface area (Å²) in [6.07, 6.45) is 0.0556. The van der Waals surface area contributed by atoms with Gasteiger partial charge in [-0.1, -0.05) is 11.6 Å². The van der Waals surface area contributed by atoms with Crippen LogP contribution in [-0.4, -0.2) is 40.9 Å². The highest BCUT2D eigenvalue weighted by atomic mass is 35.5. The van der Waals surface area contributed by atoms with Crippen LogP contribution >= 0.6 is 11.6 Å². The van der Waals surface area contributed by atoms with E-state index in [1.54, 1.807) is 0 Å². The summed E-state index contributed by atoms with van der Waals surface area (Å²) >= 11 is 5.67. The van der Waals surface area contributed by atoms with E-state index < -0.39 is 34.0 Å². The number of carbonyl (C=O) groups is 3. The third-order valence-electron chi connectivity index (χ3n) is 3.32. The van der Waals surface area contributed by atoms with Crippen molar-refractivity contribution in [2.45, 2.75) is 6.42 Å². The van der Waals surface area contributed by atoms with E-state index in [1.165, 1.54) is 18.0 Å². The van der Waals surface area contributed by atoms with Crippen LogP contribution in [0.4, 0.5) is 5.69 Å². The molecule has 1 unspecified atom stereocenters. The quantitative estimate of drug-likeness (QED) is 0.364. The summed E-state index contributed by atoms with van der Waals surface area (Å²) in [5.74, 6) is -3.53. The predicted octanol–water partition coefficient (Wildman–Crippen LogP) is 1.48. The molecule has 1 saturated heterocycles. The molecule has 110 valence electrons. The summed E-state index contributed by atoms with van der Waals surface area (Å²) in [6, 6.07) is 3.50. The summed E-state index contributed by atoms with van der Waals surface area (Å²) in [7, 11) is 1.48. The van der Waals surface area contributed by atoms with E-state index in [-0.39, 0.29) is 23.6 Å². The Balaban J connectivity index is 2.46. The molecule has 21 heavy (non-hydrogen) atoms. The highest BCUT2D eigenvalue weighted by Gasteiger charge is 2.41. The van der Waals surface area contributed by atoms with Crippen LogP contribution in [0.3, 0.4) is 0 Å². The van der Waals surface area contributed by atoms with Crippen LogP contribution in [0.1, 0.15) is 16.8 Å². The van der Waals surface area contributed by atoms with Gasteiger partial charge in [-0.25, -0.2) is 0 Å². The summed E-state index contributed by atoms with van der Waals surface area (Å²) in [5.41, 5.74) is -0.798. The maximum absolute atomic E-state index is 12.4. The molecule has 1 heterocycles. The largest absolute Gasteiger partial charge is 0.344 e. The van der Waals surface area contributed by atoms with Gasteiger partial charge in [-0.2, -0.15) is 0 Å². The minimum atomic E-state index is -1.51. The van der Waals surface area contributed by atoms with Crippen LogP contribution in [0.15, 0.2) is 18.2 Å². The zero-order valence-electron chi connectivity index (χ0n) is 11.0. The van der Waals surface area contributed by atoms with E-state index in [0.717, 1.165) is 12.1 Å². The average Bonchev–Trinajstić information content (AvgIpc) is 2.43. The molecule has 1 amide bonds. The van der Waals surface area contributed by atoms with Crippen LogP contribution in [0.2, 0.25) is 5.02 Å². The van der Waals surface area contributed by atoms with Crippen LogP contribution in [0.5, 0.6) is 0 Å². The molecule has 0 aliphatic carbocycles. The van der Waals surface area contributed by atoms with E-state index >= 15 is 0 Å². The molecule has 0 bridgehead atoms. The number of Topliss-reactive ketones (excluding diaryl/α,β-unsaturated/α-hetero) is 2. The van der Waals surface area contributed by atoms with E-state index in [0.29, 0.717) is 0 Å². The molecule has 0 N–H and O–H groups in total. The summed E-state index contributed by atoms with van der Waals surface area (Å²) in [4.78, 5) is 47.7. The molecule has 1 aliphatic rings. The highest BCUT2D eigenvalue weighted by molar-refractivity contribution is 6.31. The Bertz CT molecular complexity index is 658. The van der Waals surface area contributed by atoms with Gasteiger partial charge >= 0.3 is 0 Å². The average molecular weight is 311 g/mol. The number of ketones is 2. The number of hydrogen-bond acceptors (Lipinski definition) is 5. The molecule has 0 saturated carbocycles. The minimum Gasteiger partial charge on any atom is -0.344 e. The topological polar surface area (TPSA) is 97.6 Å².